The molecule has 0 saturated heterocycles. The van der Waals surface area contributed by atoms with Crippen LogP contribution in [0.5, 0.6) is 23.5 Å². The number of nitrogens with two attached hydrogens (primary N) is 2. The monoisotopic (exact) mass is 1140 g/mol. The van der Waals surface area contributed by atoms with Crippen molar-refractivity contribution in [2.24, 2.45) is 11.5 Å². The zero-order valence-electron chi connectivity index (χ0n) is 43.7. The van der Waals surface area contributed by atoms with Crippen LogP contribution in [0, 0.1) is 55.4 Å². The molecule has 73 heavy (non-hydrogen) atoms. The minimum absolute atomic E-state index is 0.163. The van der Waals surface area contributed by atoms with Gasteiger partial charge in [-0.1, -0.05) is 172 Å². The molecule has 0 fully saturated rings. The predicted octanol–water partition coefficient (Wildman–Crippen LogP) is 11.9. The third kappa shape index (κ3) is 14.4. The van der Waals surface area contributed by atoms with Gasteiger partial charge in [-0.2, -0.15) is 9.97 Å². The number of hydrogen-bond acceptors (Lipinski definition) is 8. The van der Waals surface area contributed by atoms with Crippen LogP contribution in [0.15, 0.2) is 146 Å². The second-order valence-electron chi connectivity index (χ2n) is 18.1. The minimum atomic E-state index is -1.20. The van der Waals surface area contributed by atoms with Crippen LogP contribution in [0.1, 0.15) is 67.7 Å². The van der Waals surface area contributed by atoms with E-state index in [2.05, 4.69) is 140 Å². The Morgan fingerprint density at radius 3 is 1.08 bits per heavy atom. The number of aromatic nitrogens is 2. The van der Waals surface area contributed by atoms with Gasteiger partial charge in [-0.15, -0.1) is 0 Å². The SMILES string of the molecule is COc1cc(P(c2cc(C)cc(C)c2)c2cc(C)cc(C)c2)c(-c2c(P(c3cc(C)cc(C)c3)c3ccc(C)cc3C)cc(OC)nc2OC)c(OC)n1.N[C@@H](c1ccccc1)[C@@H](N)c1ccccc1.[Cl][Ru][Cl]. The molecule has 3 atom stereocenters. The predicted molar refractivity (Wildman–Crippen MR) is 307 cm³/mol. The third-order valence-electron chi connectivity index (χ3n) is 12.2. The van der Waals surface area contributed by atoms with E-state index >= 15 is 0 Å². The van der Waals surface area contributed by atoms with Crippen molar-refractivity contribution in [2.45, 2.75) is 67.5 Å². The first-order valence-electron chi connectivity index (χ1n) is 23.7. The average molecular weight is 1140 g/mol. The van der Waals surface area contributed by atoms with E-state index in [1.807, 2.05) is 60.7 Å². The summed E-state index contributed by atoms with van der Waals surface area (Å²) in [5, 5.41) is 6.97. The Morgan fingerprint density at radius 2 is 0.753 bits per heavy atom. The molecule has 6 aromatic carbocycles. The molecule has 0 aliphatic carbocycles. The van der Waals surface area contributed by atoms with Gasteiger partial charge in [0.15, 0.2) is 0 Å². The van der Waals surface area contributed by atoms with E-state index in [1.54, 1.807) is 28.4 Å². The van der Waals surface area contributed by atoms with Crippen LogP contribution < -0.4 is 62.2 Å². The molecule has 8 rings (SSSR count). The van der Waals surface area contributed by atoms with Gasteiger partial charge in [0, 0.05) is 34.8 Å². The number of hydrogen-bond donors (Lipinski definition) is 2. The number of rotatable bonds is 14. The van der Waals surface area contributed by atoms with E-state index in [1.165, 1.54) is 65.7 Å². The third-order valence-corrected chi connectivity index (χ3v) is 17.1. The van der Waals surface area contributed by atoms with Gasteiger partial charge in [0.05, 0.1) is 39.6 Å². The van der Waals surface area contributed by atoms with E-state index in [4.69, 9.17) is 59.8 Å². The maximum atomic E-state index is 6.29. The Labute approximate surface area is 451 Å². The first-order valence-corrected chi connectivity index (χ1v) is 30.8. The summed E-state index contributed by atoms with van der Waals surface area (Å²) < 4.78 is 24.4. The number of methoxy groups -OCH3 is 4. The molecule has 13 heteroatoms. The number of benzene rings is 6. The fourth-order valence-corrected chi connectivity index (χ4v) is 14.8. The van der Waals surface area contributed by atoms with Crippen molar-refractivity contribution in [1.82, 2.24) is 9.97 Å². The molecule has 382 valence electrons. The van der Waals surface area contributed by atoms with E-state index in [0.717, 1.165) is 32.9 Å². The van der Waals surface area contributed by atoms with Crippen LogP contribution in [0.2, 0.25) is 0 Å². The molecular weight excluding hydrogens is 1070 g/mol. The van der Waals surface area contributed by atoms with E-state index < -0.39 is 15.8 Å². The van der Waals surface area contributed by atoms with Crippen molar-refractivity contribution in [1.29, 1.82) is 0 Å². The number of halogens is 2. The molecule has 8 aromatic rings. The molecule has 0 aliphatic rings. The van der Waals surface area contributed by atoms with Gasteiger partial charge in [-0.3, -0.25) is 0 Å². The molecule has 0 radical (unpaired) electrons. The number of pyridine rings is 2. The van der Waals surface area contributed by atoms with Crippen molar-refractivity contribution in [3.8, 4) is 34.6 Å². The van der Waals surface area contributed by atoms with Crippen molar-refractivity contribution in [3.05, 3.63) is 201 Å². The van der Waals surface area contributed by atoms with Crippen molar-refractivity contribution in [2.75, 3.05) is 28.4 Å². The molecule has 0 aliphatic heterocycles. The maximum absolute atomic E-state index is 6.29. The summed E-state index contributed by atoms with van der Waals surface area (Å²) in [7, 11) is 14.0. The fourth-order valence-electron chi connectivity index (χ4n) is 9.20. The van der Waals surface area contributed by atoms with E-state index in [0.29, 0.717) is 23.5 Å². The first kappa shape index (κ1) is 57.1. The molecule has 2 heterocycles. The van der Waals surface area contributed by atoms with Crippen LogP contribution in [0.4, 0.5) is 0 Å². The zero-order chi connectivity index (χ0) is 52.9. The summed E-state index contributed by atoms with van der Waals surface area (Å²) in [6, 6.07) is 51.0. The molecule has 1 unspecified atom stereocenters. The summed E-state index contributed by atoms with van der Waals surface area (Å²) in [6.07, 6.45) is 0. The first-order chi connectivity index (χ1) is 35.0. The van der Waals surface area contributed by atoms with Gasteiger partial charge in [0.1, 0.15) is 0 Å². The fraction of sp³-hybridized carbons (Fsp3) is 0.233. The molecule has 0 spiro atoms. The summed E-state index contributed by atoms with van der Waals surface area (Å²) in [5.41, 5.74) is 25.7. The quantitative estimate of drug-likeness (QED) is 0.0817. The second-order valence-corrected chi connectivity index (χ2v) is 25.0. The number of aryl methyl sites for hydroxylation is 8. The van der Waals surface area contributed by atoms with E-state index in [-0.39, 0.29) is 27.2 Å². The summed E-state index contributed by atoms with van der Waals surface area (Å²) in [5.74, 6) is 1.82. The van der Waals surface area contributed by atoms with Gasteiger partial charge >= 0.3 is 34.5 Å². The summed E-state index contributed by atoms with van der Waals surface area (Å²) in [4.78, 5) is 9.93. The number of ether oxygens (including phenoxy) is 4. The molecular formula is C60H66Cl2N4O4P2Ru. The molecule has 8 nitrogen and oxygen atoms in total. The Hall–Kier alpha value is -5.20. The van der Waals surface area contributed by atoms with Gasteiger partial charge in [0.2, 0.25) is 23.5 Å². The second kappa shape index (κ2) is 26.8. The molecule has 4 N–H and O–H groups in total. The van der Waals surface area contributed by atoms with Crippen molar-refractivity contribution >= 4 is 67.1 Å². The van der Waals surface area contributed by atoms with Crippen molar-refractivity contribution in [3.63, 3.8) is 0 Å². The molecule has 0 saturated carbocycles. The van der Waals surface area contributed by atoms with Gasteiger partial charge in [-0.05, 0) is 109 Å². The van der Waals surface area contributed by atoms with Crippen LogP contribution in [0.25, 0.3) is 11.1 Å². The number of nitrogens with zero attached hydrogens (tertiary/aromatic N) is 2. The normalized spacial score (nSPS) is 12.2. The Kier molecular flexibility index (Phi) is 21.0. The van der Waals surface area contributed by atoms with Gasteiger partial charge in [-0.25, -0.2) is 0 Å². The average Bonchev–Trinajstić information content (AvgIpc) is 3.36. The van der Waals surface area contributed by atoms with Gasteiger partial charge in [0.25, 0.3) is 0 Å². The Morgan fingerprint density at radius 1 is 0.411 bits per heavy atom. The van der Waals surface area contributed by atoms with Gasteiger partial charge < -0.3 is 30.4 Å². The zero-order valence-corrected chi connectivity index (χ0v) is 48.7. The Balaban J connectivity index is 0.000000382. The van der Waals surface area contributed by atoms with Crippen LogP contribution >= 0.6 is 35.2 Å². The molecule has 0 bridgehead atoms. The van der Waals surface area contributed by atoms with Crippen LogP contribution in [-0.2, 0) is 15.1 Å². The molecule has 2 aromatic heterocycles. The summed E-state index contributed by atoms with van der Waals surface area (Å²) in [6.45, 7) is 17.3. The topological polar surface area (TPSA) is 115 Å². The standard InChI is InChI=1S/C46H50N2O4P2.C14H16N2.2ClH.Ru/c1-27-13-14-38(34(8)18-27)54(37-23-32(6)17-33(7)24-37)40-26-42(50-10)48-46(52-12)44(40)43-39(25-41(49-9)47-45(43)51-11)53(35-19-28(2)15-29(3)20-35)36-21-30(4)16-31(5)22-36;15-13(11-7-3-1-4-8-11)14(16)12-9-5-2-6-10-12;;;/h13-26H,1-12H3;1-10,13-14H,15-16H2;2*1H;/q;;;;+2/p-2/t;13-,14-;;;/m.0.../s1. The summed E-state index contributed by atoms with van der Waals surface area (Å²) >= 11 is -0.346. The molecule has 0 amide bonds. The van der Waals surface area contributed by atoms with Crippen molar-refractivity contribution < 1.29 is 34.1 Å². The van der Waals surface area contributed by atoms with Crippen LogP contribution in [0.3, 0.4) is 0 Å². The van der Waals surface area contributed by atoms with Crippen LogP contribution in [-0.4, -0.2) is 38.4 Å². The Bertz CT molecular complexity index is 2980. The van der Waals surface area contributed by atoms with E-state index in [9.17, 15) is 0 Å².